The quantitative estimate of drug-likeness (QED) is 0.569. The summed E-state index contributed by atoms with van der Waals surface area (Å²) < 4.78 is 0. The molecule has 2 aromatic carbocycles. The average molecular weight is 312 g/mol. The molecule has 0 spiro atoms. The fraction of sp³-hybridized carbons (Fsp3) is 0. The Kier molecular flexibility index (Phi) is 3.56. The van der Waals surface area contributed by atoms with E-state index in [-0.39, 0.29) is 0 Å². The fourth-order valence-electron chi connectivity index (χ4n) is 2.69. The number of rotatable bonds is 4. The van der Waals surface area contributed by atoms with Crippen LogP contribution in [-0.4, -0.2) is 9.97 Å². The van der Waals surface area contributed by atoms with Crippen LogP contribution in [0.1, 0.15) is 0 Å². The highest BCUT2D eigenvalue weighted by atomic mass is 15.1. The maximum Gasteiger partial charge on any atom is 0.100 e. The Labute approximate surface area is 139 Å². The van der Waals surface area contributed by atoms with Crippen molar-refractivity contribution >= 4 is 33.2 Å². The molecular weight excluding hydrogens is 296 g/mol. The summed E-state index contributed by atoms with van der Waals surface area (Å²) in [4.78, 5) is 8.65. The van der Waals surface area contributed by atoms with Gasteiger partial charge in [-0.1, -0.05) is 18.7 Å². The minimum Gasteiger partial charge on any atom is -0.342 e. The Balaban J connectivity index is 1.52. The number of hydrogen-bond donors (Lipinski definition) is 2. The monoisotopic (exact) mass is 312 g/mol. The molecule has 0 saturated carbocycles. The molecule has 0 amide bonds. The second-order valence-corrected chi connectivity index (χ2v) is 5.55. The molecule has 4 aromatic rings. The van der Waals surface area contributed by atoms with Crippen molar-refractivity contribution in [3.63, 3.8) is 0 Å². The van der Waals surface area contributed by atoms with Crippen LogP contribution < -0.4 is 10.6 Å². The van der Waals surface area contributed by atoms with Gasteiger partial charge in [-0.15, -0.1) is 0 Å². The van der Waals surface area contributed by atoms with Crippen LogP contribution in [0, 0.1) is 0 Å². The molecule has 0 bridgehead atoms. The lowest BCUT2D eigenvalue weighted by Gasteiger charge is -2.13. The van der Waals surface area contributed by atoms with Crippen molar-refractivity contribution in [2.45, 2.75) is 0 Å². The summed E-state index contributed by atoms with van der Waals surface area (Å²) in [7, 11) is 0. The molecule has 0 radical (unpaired) electrons. The smallest absolute Gasteiger partial charge is 0.100 e. The maximum absolute atomic E-state index is 4.33. The van der Waals surface area contributed by atoms with Crippen LogP contribution in [-0.2, 0) is 0 Å². The van der Waals surface area contributed by atoms with E-state index >= 15 is 0 Å². The van der Waals surface area contributed by atoms with Crippen LogP contribution in [0.5, 0.6) is 0 Å². The van der Waals surface area contributed by atoms with E-state index in [2.05, 4.69) is 39.3 Å². The van der Waals surface area contributed by atoms with Gasteiger partial charge in [0.05, 0.1) is 11.0 Å². The van der Waals surface area contributed by atoms with Gasteiger partial charge in [-0.05, 0) is 48.5 Å². The Morgan fingerprint density at radius 1 is 0.708 bits per heavy atom. The molecule has 2 N–H and O–H groups in total. The summed E-state index contributed by atoms with van der Waals surface area (Å²) in [6, 6.07) is 20.0. The zero-order valence-corrected chi connectivity index (χ0v) is 13.0. The molecule has 4 nitrogen and oxygen atoms in total. The number of nitrogens with zero attached hydrogens (tertiary/aromatic N) is 2. The van der Waals surface area contributed by atoms with Gasteiger partial charge in [0.1, 0.15) is 5.82 Å². The van der Waals surface area contributed by atoms with Crippen LogP contribution in [0.15, 0.2) is 85.5 Å². The van der Waals surface area contributed by atoms with Gasteiger partial charge in [-0.25, -0.2) is 0 Å². The van der Waals surface area contributed by atoms with Gasteiger partial charge >= 0.3 is 0 Å². The van der Waals surface area contributed by atoms with E-state index in [0.717, 1.165) is 33.2 Å². The summed E-state index contributed by atoms with van der Waals surface area (Å²) in [5, 5.41) is 8.74. The zero-order chi connectivity index (χ0) is 16.4. The Bertz CT molecular complexity index is 956. The number of aromatic nitrogens is 2. The van der Waals surface area contributed by atoms with E-state index < -0.39 is 0 Å². The van der Waals surface area contributed by atoms with Crippen molar-refractivity contribution in [1.29, 1.82) is 0 Å². The SMILES string of the molecule is C=C(Nc1ccc2ncccc2c1)Nc1ccc2ncccc2c1. The van der Waals surface area contributed by atoms with Gasteiger partial charge in [0.15, 0.2) is 0 Å². The molecule has 0 atom stereocenters. The summed E-state index contributed by atoms with van der Waals surface area (Å²) in [6.45, 7) is 4.05. The summed E-state index contributed by atoms with van der Waals surface area (Å²) >= 11 is 0. The number of nitrogens with one attached hydrogen (secondary N) is 2. The highest BCUT2D eigenvalue weighted by Gasteiger charge is 2.01. The predicted octanol–water partition coefficient (Wildman–Crippen LogP) is 4.78. The largest absolute Gasteiger partial charge is 0.342 e. The van der Waals surface area contributed by atoms with Crippen molar-refractivity contribution < 1.29 is 0 Å². The lowest BCUT2D eigenvalue weighted by Crippen LogP contribution is -2.08. The van der Waals surface area contributed by atoms with Crippen LogP contribution in [0.3, 0.4) is 0 Å². The number of pyridine rings is 2. The molecule has 24 heavy (non-hydrogen) atoms. The third-order valence-corrected chi connectivity index (χ3v) is 3.80. The van der Waals surface area contributed by atoms with Gasteiger partial charge < -0.3 is 10.6 Å². The topological polar surface area (TPSA) is 49.8 Å². The van der Waals surface area contributed by atoms with E-state index in [1.165, 1.54) is 0 Å². The molecule has 0 fully saturated rings. The van der Waals surface area contributed by atoms with E-state index in [9.17, 15) is 0 Å². The second kappa shape index (κ2) is 6.01. The minimum absolute atomic E-state index is 0.710. The number of benzene rings is 2. The Morgan fingerprint density at radius 2 is 1.21 bits per heavy atom. The van der Waals surface area contributed by atoms with Gasteiger partial charge in [-0.3, -0.25) is 9.97 Å². The predicted molar refractivity (Wildman–Crippen MR) is 99.9 cm³/mol. The number of anilines is 2. The van der Waals surface area contributed by atoms with Crippen molar-refractivity contribution in [2.24, 2.45) is 0 Å². The molecule has 4 rings (SSSR count). The first-order valence-corrected chi connectivity index (χ1v) is 7.70. The maximum atomic E-state index is 4.33. The summed E-state index contributed by atoms with van der Waals surface area (Å²) in [5.41, 5.74) is 3.89. The van der Waals surface area contributed by atoms with Gasteiger partial charge in [0.2, 0.25) is 0 Å². The number of hydrogen-bond acceptors (Lipinski definition) is 4. The molecule has 0 aliphatic heterocycles. The van der Waals surface area contributed by atoms with Crippen molar-refractivity contribution in [3.05, 3.63) is 85.5 Å². The first-order valence-electron chi connectivity index (χ1n) is 7.70. The second-order valence-electron chi connectivity index (χ2n) is 5.55. The first kappa shape index (κ1) is 14.2. The normalized spacial score (nSPS) is 10.7. The van der Waals surface area contributed by atoms with Crippen LogP contribution in [0.2, 0.25) is 0 Å². The molecule has 4 heteroatoms. The lowest BCUT2D eigenvalue weighted by molar-refractivity contribution is 1.37. The molecule has 0 aliphatic carbocycles. The van der Waals surface area contributed by atoms with Crippen molar-refractivity contribution in [3.8, 4) is 0 Å². The fourth-order valence-corrected chi connectivity index (χ4v) is 2.69. The van der Waals surface area contributed by atoms with Crippen LogP contribution in [0.25, 0.3) is 21.8 Å². The number of fused-ring (bicyclic) bond motifs is 2. The van der Waals surface area contributed by atoms with Gasteiger partial charge in [-0.2, -0.15) is 0 Å². The Morgan fingerprint density at radius 3 is 1.71 bits per heavy atom. The molecule has 2 aromatic heterocycles. The van der Waals surface area contributed by atoms with E-state index in [1.807, 2.05) is 48.5 Å². The van der Waals surface area contributed by atoms with Gasteiger partial charge in [0, 0.05) is 34.5 Å². The lowest BCUT2D eigenvalue weighted by atomic mass is 10.2. The van der Waals surface area contributed by atoms with E-state index in [1.54, 1.807) is 12.4 Å². The first-order chi connectivity index (χ1) is 11.8. The Hall–Kier alpha value is -3.40. The molecule has 0 aliphatic rings. The molecular formula is C20H16N4. The molecule has 0 saturated heterocycles. The highest BCUT2D eigenvalue weighted by molar-refractivity contribution is 5.84. The third-order valence-electron chi connectivity index (χ3n) is 3.80. The van der Waals surface area contributed by atoms with Crippen molar-refractivity contribution in [1.82, 2.24) is 9.97 Å². The summed E-state index contributed by atoms with van der Waals surface area (Å²) in [6.07, 6.45) is 3.59. The molecule has 2 heterocycles. The van der Waals surface area contributed by atoms with E-state index in [4.69, 9.17) is 0 Å². The van der Waals surface area contributed by atoms with Crippen LogP contribution in [0.4, 0.5) is 11.4 Å². The molecule has 116 valence electrons. The van der Waals surface area contributed by atoms with Crippen LogP contribution >= 0.6 is 0 Å². The summed E-state index contributed by atoms with van der Waals surface area (Å²) in [5.74, 6) is 0.710. The van der Waals surface area contributed by atoms with Gasteiger partial charge in [0.25, 0.3) is 0 Å². The van der Waals surface area contributed by atoms with Crippen molar-refractivity contribution in [2.75, 3.05) is 10.6 Å². The highest BCUT2D eigenvalue weighted by Crippen LogP contribution is 2.21. The minimum atomic E-state index is 0.710. The van der Waals surface area contributed by atoms with E-state index in [0.29, 0.717) is 5.82 Å². The zero-order valence-electron chi connectivity index (χ0n) is 13.0. The molecule has 0 unspecified atom stereocenters. The third kappa shape index (κ3) is 2.90. The average Bonchev–Trinajstić information content (AvgIpc) is 2.61. The standard InChI is InChI=1S/C20H16N4/c1-14(23-17-6-8-19-15(12-17)4-2-10-21-19)24-18-7-9-20-16(13-18)5-3-11-22-20/h2-13,23-24H,1H2.